The third kappa shape index (κ3) is 3.95. The van der Waals surface area contributed by atoms with E-state index < -0.39 is 0 Å². The molecule has 1 aliphatic heterocycles. The van der Waals surface area contributed by atoms with Gasteiger partial charge in [-0.1, -0.05) is 17.7 Å². The Kier molecular flexibility index (Phi) is 6.25. The van der Waals surface area contributed by atoms with Crippen LogP contribution in [0.25, 0.3) is 5.70 Å². The fraction of sp³-hybridized carbons (Fsp3) is 0.375. The number of amides is 2. The minimum Gasteiger partial charge on any atom is -0.493 e. The summed E-state index contributed by atoms with van der Waals surface area (Å²) in [6.07, 6.45) is 1.81. The predicted octanol–water partition coefficient (Wildman–Crippen LogP) is 4.80. The van der Waals surface area contributed by atoms with Gasteiger partial charge in [0.05, 0.1) is 19.9 Å². The van der Waals surface area contributed by atoms with Gasteiger partial charge in [-0.05, 0) is 63.1 Å². The topological polar surface area (TPSA) is 54.0 Å². The van der Waals surface area contributed by atoms with Crippen LogP contribution in [-0.2, 0) is 0 Å². The van der Waals surface area contributed by atoms with E-state index >= 15 is 0 Å². The van der Waals surface area contributed by atoms with E-state index in [0.717, 1.165) is 28.1 Å². The van der Waals surface area contributed by atoms with Gasteiger partial charge in [0.2, 0.25) is 0 Å². The van der Waals surface area contributed by atoms with Crippen molar-refractivity contribution in [1.29, 1.82) is 0 Å². The Morgan fingerprint density at radius 3 is 2.20 bits per heavy atom. The van der Waals surface area contributed by atoms with E-state index in [1.807, 2.05) is 32.2 Å². The predicted molar refractivity (Wildman–Crippen MR) is 121 cm³/mol. The molecule has 1 heterocycles. The Morgan fingerprint density at radius 1 is 1.00 bits per heavy atom. The number of urea groups is 1. The first kappa shape index (κ1) is 21.6. The van der Waals surface area contributed by atoms with Crippen LogP contribution in [0.3, 0.4) is 0 Å². The maximum Gasteiger partial charge on any atom is 0.326 e. The average molecular weight is 410 g/mol. The summed E-state index contributed by atoms with van der Waals surface area (Å²) < 4.78 is 10.8. The molecule has 0 saturated carbocycles. The molecule has 1 N–H and O–H groups in total. The molecule has 0 bridgehead atoms. The van der Waals surface area contributed by atoms with Crippen LogP contribution in [0, 0.1) is 20.8 Å². The molecule has 160 valence electrons. The van der Waals surface area contributed by atoms with Crippen LogP contribution in [0.5, 0.6) is 11.5 Å². The van der Waals surface area contributed by atoms with E-state index in [2.05, 4.69) is 44.3 Å². The van der Waals surface area contributed by atoms with Gasteiger partial charge < -0.3 is 19.7 Å². The van der Waals surface area contributed by atoms with Crippen molar-refractivity contribution in [2.75, 3.05) is 33.1 Å². The molecule has 1 aliphatic rings. The minimum absolute atomic E-state index is 0.0512. The lowest BCUT2D eigenvalue weighted by atomic mass is 10.0. The van der Waals surface area contributed by atoms with Gasteiger partial charge in [-0.15, -0.1) is 0 Å². The van der Waals surface area contributed by atoms with E-state index in [4.69, 9.17) is 9.47 Å². The van der Waals surface area contributed by atoms with E-state index in [-0.39, 0.29) is 12.2 Å². The van der Waals surface area contributed by atoms with E-state index in [1.54, 1.807) is 24.0 Å². The van der Waals surface area contributed by atoms with Crippen molar-refractivity contribution in [2.45, 2.75) is 33.9 Å². The zero-order valence-corrected chi connectivity index (χ0v) is 18.9. The van der Waals surface area contributed by atoms with Gasteiger partial charge in [-0.3, -0.25) is 4.90 Å². The summed E-state index contributed by atoms with van der Waals surface area (Å²) in [5, 5.41) is 3.57. The first-order valence-electron chi connectivity index (χ1n) is 10.1. The summed E-state index contributed by atoms with van der Waals surface area (Å²) in [5.74, 6) is 1.29. The van der Waals surface area contributed by atoms with E-state index in [1.165, 1.54) is 5.56 Å². The monoisotopic (exact) mass is 409 g/mol. The number of ether oxygens (including phenoxy) is 2. The Morgan fingerprint density at radius 2 is 1.63 bits per heavy atom. The van der Waals surface area contributed by atoms with Crippen LogP contribution >= 0.6 is 0 Å². The molecule has 0 saturated heterocycles. The number of nitrogens with zero attached hydrogens (tertiary/aromatic N) is 2. The second kappa shape index (κ2) is 8.69. The van der Waals surface area contributed by atoms with Crippen LogP contribution in [0.2, 0.25) is 0 Å². The quantitative estimate of drug-likeness (QED) is 0.745. The molecule has 2 aromatic rings. The fourth-order valence-corrected chi connectivity index (χ4v) is 4.01. The Labute approximate surface area is 179 Å². The van der Waals surface area contributed by atoms with Crippen LogP contribution in [0.4, 0.5) is 10.5 Å². The third-order valence-electron chi connectivity index (χ3n) is 5.52. The molecule has 6 nitrogen and oxygen atoms in total. The molecular formula is C24H31N3O3. The number of likely N-dealkylation sites (N-methyl/N-ethyl adjacent to an activating group) is 1. The second-order valence-electron chi connectivity index (χ2n) is 7.62. The van der Waals surface area contributed by atoms with Crippen molar-refractivity contribution in [1.82, 2.24) is 9.80 Å². The molecule has 6 heteroatoms. The minimum atomic E-state index is -0.275. The van der Waals surface area contributed by atoms with Crippen molar-refractivity contribution in [3.63, 3.8) is 0 Å². The van der Waals surface area contributed by atoms with Gasteiger partial charge in [-0.25, -0.2) is 4.79 Å². The summed E-state index contributed by atoms with van der Waals surface area (Å²) in [6, 6.07) is 9.97. The van der Waals surface area contributed by atoms with E-state index in [9.17, 15) is 4.79 Å². The Bertz CT molecular complexity index is 961. The SMILES string of the molecule is CCN1C(=O)N(C)C(Nc2c(C)cc(C)cc2C)C=C1c1ccc(OC)c(OC)c1. The highest BCUT2D eigenvalue weighted by Gasteiger charge is 2.32. The molecule has 30 heavy (non-hydrogen) atoms. The first-order chi connectivity index (χ1) is 14.3. The zero-order valence-electron chi connectivity index (χ0n) is 18.9. The van der Waals surface area contributed by atoms with Crippen molar-refractivity contribution in [3.05, 3.63) is 58.7 Å². The van der Waals surface area contributed by atoms with Crippen molar-refractivity contribution < 1.29 is 14.3 Å². The molecule has 1 atom stereocenters. The highest BCUT2D eigenvalue weighted by atomic mass is 16.5. The molecule has 0 fully saturated rings. The maximum atomic E-state index is 13.2. The van der Waals surface area contributed by atoms with Gasteiger partial charge in [0.25, 0.3) is 0 Å². The molecule has 3 rings (SSSR count). The number of anilines is 1. The molecule has 2 amide bonds. The Hall–Kier alpha value is -3.15. The fourth-order valence-electron chi connectivity index (χ4n) is 4.01. The lowest BCUT2D eigenvalue weighted by molar-refractivity contribution is 0.173. The first-order valence-corrected chi connectivity index (χ1v) is 10.1. The van der Waals surface area contributed by atoms with E-state index in [0.29, 0.717) is 18.0 Å². The number of benzene rings is 2. The second-order valence-corrected chi connectivity index (χ2v) is 7.62. The number of carbonyl (C=O) groups is 1. The standard InChI is InChI=1S/C24H31N3O3/c1-8-27-19(18-9-10-20(29-6)21(13-18)30-7)14-22(26(5)24(27)28)25-23-16(3)11-15(2)12-17(23)4/h9-14,22,25H,8H2,1-7H3. The third-order valence-corrected chi connectivity index (χ3v) is 5.52. The molecule has 2 aromatic carbocycles. The number of rotatable bonds is 6. The number of methoxy groups -OCH3 is 2. The molecular weight excluding hydrogens is 378 g/mol. The summed E-state index contributed by atoms with van der Waals surface area (Å²) in [4.78, 5) is 16.7. The summed E-state index contributed by atoms with van der Waals surface area (Å²) in [7, 11) is 5.05. The molecule has 0 spiro atoms. The molecule has 0 aromatic heterocycles. The average Bonchev–Trinajstić information content (AvgIpc) is 2.72. The highest BCUT2D eigenvalue weighted by Crippen LogP contribution is 2.34. The summed E-state index contributed by atoms with van der Waals surface area (Å²) >= 11 is 0. The maximum absolute atomic E-state index is 13.2. The summed E-state index contributed by atoms with van der Waals surface area (Å²) in [5.41, 5.74) is 6.35. The van der Waals surface area contributed by atoms with Gasteiger partial charge in [0, 0.05) is 24.8 Å². The lowest BCUT2D eigenvalue weighted by Gasteiger charge is -2.39. The van der Waals surface area contributed by atoms with Gasteiger partial charge in [0.1, 0.15) is 6.17 Å². The normalized spacial score (nSPS) is 16.4. The number of nitrogens with one attached hydrogen (secondary N) is 1. The highest BCUT2D eigenvalue weighted by molar-refractivity contribution is 5.89. The lowest BCUT2D eigenvalue weighted by Crippen LogP contribution is -2.51. The molecule has 0 aliphatic carbocycles. The number of hydrogen-bond donors (Lipinski definition) is 1. The summed E-state index contributed by atoms with van der Waals surface area (Å²) in [6.45, 7) is 8.81. The van der Waals surface area contributed by atoms with Crippen LogP contribution in [0.1, 0.15) is 29.2 Å². The molecule has 0 radical (unpaired) electrons. The van der Waals surface area contributed by atoms with Crippen molar-refractivity contribution in [3.8, 4) is 11.5 Å². The molecule has 1 unspecified atom stereocenters. The van der Waals surface area contributed by atoms with Gasteiger partial charge in [0.15, 0.2) is 11.5 Å². The van der Waals surface area contributed by atoms with Gasteiger partial charge in [-0.2, -0.15) is 0 Å². The Balaban J connectivity index is 2.06. The number of hydrogen-bond acceptors (Lipinski definition) is 4. The largest absolute Gasteiger partial charge is 0.493 e. The zero-order chi connectivity index (χ0) is 22.0. The van der Waals surface area contributed by atoms with Gasteiger partial charge >= 0.3 is 6.03 Å². The van der Waals surface area contributed by atoms with Crippen molar-refractivity contribution >= 4 is 17.4 Å². The smallest absolute Gasteiger partial charge is 0.326 e. The van der Waals surface area contributed by atoms with Crippen LogP contribution in [0.15, 0.2) is 36.4 Å². The number of aryl methyl sites for hydroxylation is 3. The van der Waals surface area contributed by atoms with Crippen molar-refractivity contribution in [2.24, 2.45) is 0 Å². The van der Waals surface area contributed by atoms with Crippen LogP contribution in [-0.4, -0.2) is 49.8 Å². The number of carbonyl (C=O) groups excluding carboxylic acids is 1. The van der Waals surface area contributed by atoms with Crippen LogP contribution < -0.4 is 14.8 Å².